The molecular weight excluding hydrogens is 360 g/mol. The molecule has 1 saturated heterocycles. The second kappa shape index (κ2) is 8.84. The monoisotopic (exact) mass is 382 g/mol. The van der Waals surface area contributed by atoms with Crippen molar-refractivity contribution < 1.29 is 14.5 Å². The molecule has 1 aromatic carbocycles. The van der Waals surface area contributed by atoms with Gasteiger partial charge in [0.1, 0.15) is 0 Å². The minimum Gasteiger partial charge on any atom is -0.343 e. The van der Waals surface area contributed by atoms with Crippen LogP contribution in [0.25, 0.3) is 0 Å². The summed E-state index contributed by atoms with van der Waals surface area (Å²) >= 11 is 6.00. The summed E-state index contributed by atoms with van der Waals surface area (Å²) in [5.41, 5.74) is 0.187. The lowest BCUT2D eigenvalue weighted by Crippen LogP contribution is -2.45. The number of nitrogens with zero attached hydrogens (tertiary/aromatic N) is 3. The quantitative estimate of drug-likeness (QED) is 0.623. The highest BCUT2D eigenvalue weighted by molar-refractivity contribution is 6.33. The van der Waals surface area contributed by atoms with Crippen molar-refractivity contribution in [1.29, 1.82) is 0 Å². The summed E-state index contributed by atoms with van der Waals surface area (Å²) in [4.78, 5) is 38.4. The molecule has 0 unspecified atom stereocenters. The number of urea groups is 1. The summed E-state index contributed by atoms with van der Waals surface area (Å²) in [5, 5.41) is 13.5. The summed E-state index contributed by atoms with van der Waals surface area (Å²) in [7, 11) is 0. The van der Waals surface area contributed by atoms with E-state index in [1.165, 1.54) is 18.2 Å². The van der Waals surface area contributed by atoms with Crippen molar-refractivity contribution in [2.75, 3.05) is 31.5 Å². The van der Waals surface area contributed by atoms with Crippen LogP contribution in [0, 0.1) is 16.0 Å². The van der Waals surface area contributed by atoms with Gasteiger partial charge in [0.05, 0.1) is 15.6 Å². The number of nitrogens with one attached hydrogen (secondary N) is 1. The third-order valence-electron chi connectivity index (χ3n) is 4.61. The first-order valence-electron chi connectivity index (χ1n) is 8.66. The molecule has 1 aliphatic rings. The number of hydrogen-bond acceptors (Lipinski definition) is 4. The number of amides is 3. The van der Waals surface area contributed by atoms with Gasteiger partial charge in [0.25, 0.3) is 5.69 Å². The number of hydrogen-bond donors (Lipinski definition) is 1. The van der Waals surface area contributed by atoms with Crippen molar-refractivity contribution in [2.45, 2.75) is 26.7 Å². The third-order valence-corrected chi connectivity index (χ3v) is 4.92. The summed E-state index contributed by atoms with van der Waals surface area (Å²) in [6.45, 7) is 6.25. The Kier molecular flexibility index (Phi) is 6.79. The van der Waals surface area contributed by atoms with Gasteiger partial charge in [-0.15, -0.1) is 0 Å². The van der Waals surface area contributed by atoms with Gasteiger partial charge in [-0.1, -0.05) is 11.6 Å². The Morgan fingerprint density at radius 2 is 1.92 bits per heavy atom. The molecule has 3 amide bonds. The summed E-state index contributed by atoms with van der Waals surface area (Å²) < 4.78 is 0. The fourth-order valence-corrected chi connectivity index (χ4v) is 3.26. The van der Waals surface area contributed by atoms with E-state index < -0.39 is 4.92 Å². The van der Waals surface area contributed by atoms with Crippen molar-refractivity contribution in [3.05, 3.63) is 33.3 Å². The number of nitro groups is 1. The van der Waals surface area contributed by atoms with Crippen LogP contribution < -0.4 is 5.32 Å². The summed E-state index contributed by atoms with van der Waals surface area (Å²) in [5.74, 6) is 0.0929. The number of nitro benzene ring substituents is 1. The van der Waals surface area contributed by atoms with Crippen molar-refractivity contribution in [2.24, 2.45) is 5.92 Å². The van der Waals surface area contributed by atoms with Gasteiger partial charge in [-0.05, 0) is 32.8 Å². The number of carbonyl (C=O) groups is 2. The van der Waals surface area contributed by atoms with Crippen LogP contribution in [0.15, 0.2) is 18.2 Å². The zero-order valence-corrected chi connectivity index (χ0v) is 15.7. The second-order valence-corrected chi connectivity index (χ2v) is 6.53. The first-order valence-corrected chi connectivity index (χ1v) is 9.03. The van der Waals surface area contributed by atoms with E-state index in [1.54, 1.807) is 4.90 Å². The molecule has 0 aromatic heterocycles. The number of rotatable bonds is 5. The van der Waals surface area contributed by atoms with Crippen LogP contribution in [0.5, 0.6) is 0 Å². The predicted octanol–water partition coefficient (Wildman–Crippen LogP) is 3.36. The Hall–Kier alpha value is -2.35. The smallest absolute Gasteiger partial charge is 0.321 e. The second-order valence-electron chi connectivity index (χ2n) is 6.12. The minimum absolute atomic E-state index is 0.0538. The Morgan fingerprint density at radius 3 is 2.42 bits per heavy atom. The lowest BCUT2D eigenvalue weighted by atomic mass is 9.95. The van der Waals surface area contributed by atoms with Gasteiger partial charge in [-0.3, -0.25) is 14.9 Å². The molecular formula is C17H23ClN4O4. The van der Waals surface area contributed by atoms with Crippen LogP contribution in [-0.2, 0) is 4.79 Å². The lowest BCUT2D eigenvalue weighted by Gasteiger charge is -2.33. The van der Waals surface area contributed by atoms with Gasteiger partial charge in [0.2, 0.25) is 5.91 Å². The van der Waals surface area contributed by atoms with Gasteiger partial charge in [-0.25, -0.2) is 4.79 Å². The largest absolute Gasteiger partial charge is 0.343 e. The Morgan fingerprint density at radius 1 is 1.31 bits per heavy atom. The maximum absolute atomic E-state index is 12.4. The number of non-ortho nitro benzene ring substituents is 1. The number of halogens is 1. The number of likely N-dealkylation sites (tertiary alicyclic amines) is 1. The van der Waals surface area contributed by atoms with Crippen molar-refractivity contribution in [1.82, 2.24) is 9.80 Å². The first-order chi connectivity index (χ1) is 12.4. The van der Waals surface area contributed by atoms with E-state index in [0.29, 0.717) is 44.7 Å². The molecule has 0 aliphatic carbocycles. The van der Waals surface area contributed by atoms with Gasteiger partial charge < -0.3 is 15.1 Å². The zero-order chi connectivity index (χ0) is 19.3. The number of piperidine rings is 1. The number of carbonyl (C=O) groups excluding carboxylic acids is 2. The van der Waals surface area contributed by atoms with E-state index in [1.807, 2.05) is 18.7 Å². The van der Waals surface area contributed by atoms with E-state index >= 15 is 0 Å². The molecule has 0 bridgehead atoms. The average Bonchev–Trinajstić information content (AvgIpc) is 2.64. The molecule has 2 rings (SSSR count). The fraction of sp³-hybridized carbons (Fsp3) is 0.529. The third kappa shape index (κ3) is 4.63. The Bertz CT molecular complexity index is 685. The van der Waals surface area contributed by atoms with Crippen LogP contribution in [0.3, 0.4) is 0 Å². The summed E-state index contributed by atoms with van der Waals surface area (Å²) in [6.07, 6.45) is 1.24. The molecule has 1 fully saturated rings. The predicted molar refractivity (Wildman–Crippen MR) is 99.4 cm³/mol. The highest BCUT2D eigenvalue weighted by Gasteiger charge is 2.29. The Balaban J connectivity index is 1.92. The van der Waals surface area contributed by atoms with Gasteiger partial charge >= 0.3 is 6.03 Å². The van der Waals surface area contributed by atoms with E-state index in [0.717, 1.165) is 0 Å². The van der Waals surface area contributed by atoms with Gasteiger partial charge in [0.15, 0.2) is 0 Å². The van der Waals surface area contributed by atoms with E-state index in [2.05, 4.69) is 5.32 Å². The fourth-order valence-electron chi connectivity index (χ4n) is 3.04. The SMILES string of the molecule is CCN(CC)C(=O)C1CCN(C(=O)Nc2ccc([N+](=O)[O-])cc2Cl)CC1. The Labute approximate surface area is 157 Å². The normalized spacial score (nSPS) is 14.8. The highest BCUT2D eigenvalue weighted by atomic mass is 35.5. The van der Waals surface area contributed by atoms with E-state index in [-0.39, 0.29) is 28.6 Å². The molecule has 0 spiro atoms. The van der Waals surface area contributed by atoms with Gasteiger partial charge in [0, 0.05) is 44.2 Å². The number of anilines is 1. The molecule has 1 aliphatic heterocycles. The molecule has 26 heavy (non-hydrogen) atoms. The van der Waals surface area contributed by atoms with Crippen LogP contribution in [0.1, 0.15) is 26.7 Å². The molecule has 1 N–H and O–H groups in total. The summed E-state index contributed by atoms with van der Waals surface area (Å²) in [6, 6.07) is 3.58. The van der Waals surface area contributed by atoms with Crippen LogP contribution in [-0.4, -0.2) is 52.8 Å². The average molecular weight is 383 g/mol. The highest BCUT2D eigenvalue weighted by Crippen LogP contribution is 2.27. The zero-order valence-electron chi connectivity index (χ0n) is 14.9. The number of benzene rings is 1. The molecule has 1 heterocycles. The van der Waals surface area contributed by atoms with Crippen LogP contribution in [0.2, 0.25) is 5.02 Å². The standard InChI is InChI=1S/C17H23ClN4O4/c1-3-20(4-2)16(23)12-7-9-21(10-8-12)17(24)19-15-6-5-13(22(25)26)11-14(15)18/h5-6,11-12H,3-4,7-10H2,1-2H3,(H,19,24). The maximum Gasteiger partial charge on any atom is 0.321 e. The van der Waals surface area contributed by atoms with Crippen molar-refractivity contribution in [3.63, 3.8) is 0 Å². The van der Waals surface area contributed by atoms with Crippen LogP contribution >= 0.6 is 11.6 Å². The lowest BCUT2D eigenvalue weighted by molar-refractivity contribution is -0.384. The topological polar surface area (TPSA) is 95.8 Å². The molecule has 142 valence electrons. The van der Waals surface area contributed by atoms with Crippen LogP contribution in [0.4, 0.5) is 16.2 Å². The molecule has 9 heteroatoms. The van der Waals surface area contributed by atoms with E-state index in [9.17, 15) is 19.7 Å². The maximum atomic E-state index is 12.4. The molecule has 1 aromatic rings. The molecule has 8 nitrogen and oxygen atoms in total. The van der Waals surface area contributed by atoms with Crippen molar-refractivity contribution in [3.8, 4) is 0 Å². The minimum atomic E-state index is -0.546. The first kappa shape index (κ1) is 20.0. The van der Waals surface area contributed by atoms with Crippen molar-refractivity contribution >= 4 is 34.9 Å². The van der Waals surface area contributed by atoms with E-state index in [4.69, 9.17) is 11.6 Å². The van der Waals surface area contributed by atoms with Gasteiger partial charge in [-0.2, -0.15) is 0 Å². The molecule has 0 atom stereocenters. The molecule has 0 radical (unpaired) electrons. The molecule has 0 saturated carbocycles.